The van der Waals surface area contributed by atoms with Gasteiger partial charge < -0.3 is 13.9 Å². The first-order valence-corrected chi connectivity index (χ1v) is 19.1. The quantitative estimate of drug-likeness (QED) is 0.185. The summed E-state index contributed by atoms with van der Waals surface area (Å²) in [6.45, 7) is 9.57. The summed E-state index contributed by atoms with van der Waals surface area (Å²) < 4.78 is 10.6. The van der Waals surface area contributed by atoms with Gasteiger partial charge in [-0.15, -0.1) is 11.3 Å². The topological polar surface area (TPSA) is 21.3 Å². The van der Waals surface area contributed by atoms with Crippen molar-refractivity contribution in [2.24, 2.45) is 5.92 Å². The van der Waals surface area contributed by atoms with Crippen molar-refractivity contribution in [2.45, 2.75) is 51.9 Å². The average molecular weight is 679 g/mol. The van der Waals surface area contributed by atoms with Gasteiger partial charge in [-0.3, -0.25) is 0 Å². The second kappa shape index (κ2) is 10.4. The molecular weight excluding hydrogens is 641 g/mol. The fraction of sp³-hybridized carbons (Fsp3) is 0.191. The Morgan fingerprint density at radius 1 is 0.804 bits per heavy atom. The van der Waals surface area contributed by atoms with Crippen LogP contribution in [-0.2, 0) is 5.41 Å². The van der Waals surface area contributed by atoms with E-state index in [4.69, 9.17) is 4.42 Å². The Hall–Kier alpha value is -5.32. The minimum Gasteiger partial charge on any atom is -0.455 e. The van der Waals surface area contributed by atoms with Crippen LogP contribution in [-0.4, -0.2) is 4.57 Å². The van der Waals surface area contributed by atoms with Crippen molar-refractivity contribution in [3.05, 3.63) is 140 Å². The van der Waals surface area contributed by atoms with Crippen molar-refractivity contribution in [3.8, 4) is 5.69 Å². The molecule has 0 bridgehead atoms. The van der Waals surface area contributed by atoms with E-state index in [9.17, 15) is 0 Å². The lowest BCUT2D eigenvalue weighted by Crippen LogP contribution is -2.29. The van der Waals surface area contributed by atoms with Gasteiger partial charge in [0, 0.05) is 48.1 Å². The molecule has 4 heteroatoms. The number of hydrogen-bond donors (Lipinski definition) is 0. The van der Waals surface area contributed by atoms with Gasteiger partial charge in [0.1, 0.15) is 11.2 Å². The van der Waals surface area contributed by atoms with Crippen LogP contribution >= 0.6 is 11.3 Å². The minimum absolute atomic E-state index is 0.264. The van der Waals surface area contributed by atoms with Crippen molar-refractivity contribution in [3.63, 3.8) is 0 Å². The van der Waals surface area contributed by atoms with Crippen LogP contribution in [0, 0.1) is 5.92 Å². The number of thiophene rings is 1. The van der Waals surface area contributed by atoms with Gasteiger partial charge in [0.2, 0.25) is 0 Å². The Kier molecular flexibility index (Phi) is 5.98. The molecule has 3 aliphatic rings. The lowest BCUT2D eigenvalue weighted by Gasteiger charge is -2.37. The molecule has 0 amide bonds. The highest BCUT2D eigenvalue weighted by molar-refractivity contribution is 7.11. The SMILES string of the molecule is CC1C=c2sc3c(c2=CC1)C(C)CC(N(c1ccccc1)c1ccc2c(c1)C(C)(C)c1cc4c5ccccc5oc4c4c5ccccc5n-2c14)=C3. The maximum Gasteiger partial charge on any atom is 0.145 e. The third-order valence-electron chi connectivity index (χ3n) is 11.9. The van der Waals surface area contributed by atoms with Crippen molar-refractivity contribution in [2.75, 3.05) is 4.90 Å². The molecule has 8 aromatic rings. The molecule has 2 aliphatic carbocycles. The molecule has 0 saturated carbocycles. The summed E-state index contributed by atoms with van der Waals surface area (Å²) in [6, 6.07) is 37.9. The Bertz CT molecular complexity index is 2930. The molecule has 3 nitrogen and oxygen atoms in total. The zero-order chi connectivity index (χ0) is 34.2. The molecule has 3 aromatic heterocycles. The van der Waals surface area contributed by atoms with E-state index in [2.05, 4.69) is 159 Å². The molecule has 4 heterocycles. The molecule has 0 N–H and O–H groups in total. The van der Waals surface area contributed by atoms with Crippen molar-refractivity contribution in [1.82, 2.24) is 4.57 Å². The zero-order valence-corrected chi connectivity index (χ0v) is 30.1. The van der Waals surface area contributed by atoms with E-state index >= 15 is 0 Å². The number of para-hydroxylation sites is 3. The molecule has 0 spiro atoms. The Morgan fingerprint density at radius 2 is 1.59 bits per heavy atom. The number of aromatic nitrogens is 1. The Morgan fingerprint density at radius 3 is 2.45 bits per heavy atom. The largest absolute Gasteiger partial charge is 0.455 e. The molecule has 2 unspecified atom stereocenters. The summed E-state index contributed by atoms with van der Waals surface area (Å²) in [5.41, 5.74) is 13.3. The summed E-state index contributed by atoms with van der Waals surface area (Å²) in [5.74, 6) is 1.04. The van der Waals surface area contributed by atoms with E-state index in [0.717, 1.165) is 24.0 Å². The van der Waals surface area contributed by atoms with Crippen molar-refractivity contribution >= 4 is 84.7 Å². The van der Waals surface area contributed by atoms with Crippen LogP contribution in [0.15, 0.2) is 113 Å². The fourth-order valence-electron chi connectivity index (χ4n) is 9.48. The zero-order valence-electron chi connectivity index (χ0n) is 29.3. The van der Waals surface area contributed by atoms with E-state index in [1.807, 2.05) is 11.3 Å². The van der Waals surface area contributed by atoms with E-state index in [-0.39, 0.29) is 5.41 Å². The predicted molar refractivity (Wildman–Crippen MR) is 216 cm³/mol. The van der Waals surface area contributed by atoms with E-state index < -0.39 is 0 Å². The monoisotopic (exact) mass is 678 g/mol. The lowest BCUT2D eigenvalue weighted by molar-refractivity contribution is 0.630. The van der Waals surface area contributed by atoms with Gasteiger partial charge in [-0.1, -0.05) is 94.4 Å². The second-order valence-corrected chi connectivity index (χ2v) is 16.5. The van der Waals surface area contributed by atoms with E-state index in [1.165, 1.54) is 81.1 Å². The van der Waals surface area contributed by atoms with Gasteiger partial charge in [-0.2, -0.15) is 0 Å². The molecule has 11 rings (SSSR count). The van der Waals surface area contributed by atoms with Crippen molar-refractivity contribution < 1.29 is 4.42 Å². The molecule has 1 aliphatic heterocycles. The molecule has 0 saturated heterocycles. The van der Waals surface area contributed by atoms with Crippen LogP contribution < -0.4 is 14.7 Å². The highest BCUT2D eigenvalue weighted by atomic mass is 32.1. The molecule has 5 aromatic carbocycles. The molecule has 0 fully saturated rings. The summed E-state index contributed by atoms with van der Waals surface area (Å²) in [7, 11) is 0. The summed E-state index contributed by atoms with van der Waals surface area (Å²) in [5, 5.41) is 6.29. The predicted octanol–water partition coefficient (Wildman–Crippen LogP) is 11.7. The van der Waals surface area contributed by atoms with Crippen LogP contribution in [0.2, 0.25) is 0 Å². The summed E-state index contributed by atoms with van der Waals surface area (Å²) in [6.07, 6.45) is 9.59. The minimum atomic E-state index is -0.264. The lowest BCUT2D eigenvalue weighted by atomic mass is 9.74. The van der Waals surface area contributed by atoms with Gasteiger partial charge in [-0.25, -0.2) is 0 Å². The highest BCUT2D eigenvalue weighted by Gasteiger charge is 2.38. The van der Waals surface area contributed by atoms with Crippen LogP contribution in [0.5, 0.6) is 0 Å². The summed E-state index contributed by atoms with van der Waals surface area (Å²) in [4.78, 5) is 3.94. The normalized spacial score (nSPS) is 18.6. The molecular formula is C47H38N2OS. The second-order valence-electron chi connectivity index (χ2n) is 15.5. The van der Waals surface area contributed by atoms with E-state index in [0.29, 0.717) is 11.8 Å². The van der Waals surface area contributed by atoms with Gasteiger partial charge >= 0.3 is 0 Å². The first kappa shape index (κ1) is 29.4. The molecule has 2 atom stereocenters. The fourth-order valence-corrected chi connectivity index (χ4v) is 10.9. The Labute approximate surface area is 301 Å². The number of fused-ring (bicyclic) bond motifs is 12. The van der Waals surface area contributed by atoms with E-state index in [1.54, 1.807) is 5.56 Å². The number of nitrogens with zero attached hydrogens (tertiary/aromatic N) is 2. The first-order valence-electron chi connectivity index (χ1n) is 18.3. The smallest absolute Gasteiger partial charge is 0.145 e. The Balaban J connectivity index is 1.16. The van der Waals surface area contributed by atoms with Crippen LogP contribution in [0.3, 0.4) is 0 Å². The number of hydrogen-bond acceptors (Lipinski definition) is 3. The first-order chi connectivity index (χ1) is 24.9. The maximum absolute atomic E-state index is 6.67. The maximum atomic E-state index is 6.67. The molecule has 0 radical (unpaired) electrons. The third kappa shape index (κ3) is 4.00. The number of allylic oxidation sites excluding steroid dienone is 1. The number of furan rings is 1. The van der Waals surface area contributed by atoms with Gasteiger partial charge in [-0.05, 0) is 101 Å². The third-order valence-corrected chi connectivity index (χ3v) is 13.0. The van der Waals surface area contributed by atoms with Gasteiger partial charge in [0.25, 0.3) is 0 Å². The number of benzene rings is 5. The van der Waals surface area contributed by atoms with Crippen LogP contribution in [0.4, 0.5) is 11.4 Å². The molecule has 248 valence electrons. The average Bonchev–Trinajstić information content (AvgIpc) is 3.81. The summed E-state index contributed by atoms with van der Waals surface area (Å²) >= 11 is 1.97. The standard InChI is InChI=1S/C47H38N2OS/c1-27-18-20-34-41(22-27)51-42-25-31(23-28(2)43(34)42)48(29-12-6-5-7-13-29)30-19-21-39-36(24-30)47(3,4)37-26-35-32-14-9-11-17-40(32)50-46(35)44-33-15-8-10-16-38(33)49(39)45(37)44/h5-17,19-22,24-28H,18,23H2,1-4H3. The van der Waals surface area contributed by atoms with Crippen LogP contribution in [0.1, 0.15) is 68.0 Å². The van der Waals surface area contributed by atoms with Crippen molar-refractivity contribution in [1.29, 1.82) is 0 Å². The number of anilines is 2. The highest BCUT2D eigenvalue weighted by Crippen LogP contribution is 2.52. The van der Waals surface area contributed by atoms with Crippen LogP contribution in [0.25, 0.3) is 67.7 Å². The molecule has 51 heavy (non-hydrogen) atoms. The van der Waals surface area contributed by atoms with Gasteiger partial charge in [0.05, 0.1) is 22.1 Å². The number of rotatable bonds is 3. The van der Waals surface area contributed by atoms with Gasteiger partial charge in [0.15, 0.2) is 0 Å².